The molecule has 1 aliphatic rings. The average Bonchev–Trinajstić information content (AvgIpc) is 2.67. The predicted molar refractivity (Wildman–Crippen MR) is 85.4 cm³/mol. The molecular formula is C15H26N4O5. The molecule has 4 amide bonds. The molecule has 1 heterocycles. The lowest BCUT2D eigenvalue weighted by Gasteiger charge is -2.37. The summed E-state index contributed by atoms with van der Waals surface area (Å²) in [6.45, 7) is 5.89. The SMILES string of the molecule is CC(=O)N(C)C1C(=O)NC(C)(C(=O)N(C)[C@H](C(N)=O)[C@@H](C)O)C1C. The van der Waals surface area contributed by atoms with Crippen molar-refractivity contribution in [1.29, 1.82) is 0 Å². The minimum atomic E-state index is -1.33. The Morgan fingerprint density at radius 1 is 1.33 bits per heavy atom. The molecule has 3 unspecified atom stereocenters. The van der Waals surface area contributed by atoms with Gasteiger partial charge in [-0.2, -0.15) is 0 Å². The van der Waals surface area contributed by atoms with Crippen molar-refractivity contribution < 1.29 is 24.3 Å². The highest BCUT2D eigenvalue weighted by Gasteiger charge is 2.56. The van der Waals surface area contributed by atoms with Gasteiger partial charge in [-0.25, -0.2) is 0 Å². The van der Waals surface area contributed by atoms with Crippen LogP contribution >= 0.6 is 0 Å². The number of nitrogens with zero attached hydrogens (tertiary/aromatic N) is 2. The molecule has 0 aromatic heterocycles. The smallest absolute Gasteiger partial charge is 0.248 e. The summed E-state index contributed by atoms with van der Waals surface area (Å²) in [7, 11) is 2.83. The van der Waals surface area contributed by atoms with E-state index in [9.17, 15) is 24.3 Å². The highest BCUT2D eigenvalue weighted by atomic mass is 16.3. The maximum atomic E-state index is 12.9. The molecule has 0 radical (unpaired) electrons. The Kier molecular flexibility index (Phi) is 5.60. The minimum Gasteiger partial charge on any atom is -0.391 e. The minimum absolute atomic E-state index is 0.300. The molecule has 5 atom stereocenters. The van der Waals surface area contributed by atoms with Crippen LogP contribution in [0.25, 0.3) is 0 Å². The Bertz CT molecular complexity index is 564. The third-order valence-corrected chi connectivity index (χ3v) is 4.88. The van der Waals surface area contributed by atoms with Gasteiger partial charge in [0.25, 0.3) is 0 Å². The van der Waals surface area contributed by atoms with Crippen molar-refractivity contribution in [2.75, 3.05) is 14.1 Å². The molecule has 0 aromatic rings. The molecule has 0 aromatic carbocycles. The highest BCUT2D eigenvalue weighted by Crippen LogP contribution is 2.32. The maximum absolute atomic E-state index is 12.9. The Morgan fingerprint density at radius 2 is 1.83 bits per heavy atom. The molecule has 1 aliphatic heterocycles. The van der Waals surface area contributed by atoms with Crippen molar-refractivity contribution in [1.82, 2.24) is 15.1 Å². The number of hydrogen-bond acceptors (Lipinski definition) is 5. The standard InChI is InChI=1S/C15H26N4O5/c1-7-10(18(5)9(3)21)13(23)17-15(7,4)14(24)19(6)11(8(2)20)12(16)22/h7-8,10-11,20H,1-6H3,(H2,16,22)(H,17,23)/t7?,8-,10?,11+,15?/m1/s1. The molecule has 1 rings (SSSR count). The van der Waals surface area contributed by atoms with E-state index in [0.717, 1.165) is 4.90 Å². The van der Waals surface area contributed by atoms with Gasteiger partial charge in [0.1, 0.15) is 17.6 Å². The quantitative estimate of drug-likeness (QED) is 0.534. The fourth-order valence-electron chi connectivity index (χ4n) is 3.19. The van der Waals surface area contributed by atoms with Crippen molar-refractivity contribution in [3.63, 3.8) is 0 Å². The molecule has 9 heteroatoms. The van der Waals surface area contributed by atoms with Crippen molar-refractivity contribution in [2.45, 2.75) is 51.4 Å². The zero-order chi connectivity index (χ0) is 19.0. The van der Waals surface area contributed by atoms with Crippen LogP contribution in [-0.2, 0) is 19.2 Å². The third-order valence-electron chi connectivity index (χ3n) is 4.88. The van der Waals surface area contributed by atoms with Crippen LogP contribution in [0.3, 0.4) is 0 Å². The molecule has 1 fully saturated rings. The Morgan fingerprint density at radius 3 is 2.21 bits per heavy atom. The molecule has 0 spiro atoms. The van der Waals surface area contributed by atoms with Gasteiger partial charge in [0, 0.05) is 26.9 Å². The molecule has 0 saturated carbocycles. The lowest BCUT2D eigenvalue weighted by Crippen LogP contribution is -2.61. The number of carbonyl (C=O) groups excluding carboxylic acids is 4. The van der Waals surface area contributed by atoms with Crippen LogP contribution in [-0.4, -0.2) is 76.4 Å². The fraction of sp³-hybridized carbons (Fsp3) is 0.733. The maximum Gasteiger partial charge on any atom is 0.248 e. The van der Waals surface area contributed by atoms with E-state index in [1.54, 1.807) is 6.92 Å². The summed E-state index contributed by atoms with van der Waals surface area (Å²) >= 11 is 0. The Labute approximate surface area is 141 Å². The normalized spacial score (nSPS) is 28.7. The van der Waals surface area contributed by atoms with Gasteiger partial charge in [0.05, 0.1) is 6.10 Å². The van der Waals surface area contributed by atoms with Gasteiger partial charge in [-0.1, -0.05) is 6.92 Å². The third kappa shape index (κ3) is 3.21. The number of nitrogens with one attached hydrogen (secondary N) is 1. The second kappa shape index (κ2) is 6.76. The number of nitrogens with two attached hydrogens (primary N) is 1. The summed E-state index contributed by atoms with van der Waals surface area (Å²) in [6.07, 6.45) is -1.16. The van der Waals surface area contributed by atoms with E-state index in [1.807, 2.05) is 0 Å². The van der Waals surface area contributed by atoms with Crippen molar-refractivity contribution in [3.8, 4) is 0 Å². The zero-order valence-corrected chi connectivity index (χ0v) is 14.9. The van der Waals surface area contributed by atoms with Crippen molar-refractivity contribution >= 4 is 23.6 Å². The molecule has 136 valence electrons. The number of likely N-dealkylation sites (N-methyl/N-ethyl adjacent to an activating group) is 2. The van der Waals surface area contributed by atoms with E-state index in [4.69, 9.17) is 5.73 Å². The molecule has 0 bridgehead atoms. The van der Waals surface area contributed by atoms with Crippen LogP contribution in [0.15, 0.2) is 0 Å². The van der Waals surface area contributed by atoms with Gasteiger partial charge in [0.2, 0.25) is 23.6 Å². The van der Waals surface area contributed by atoms with E-state index < -0.39 is 47.4 Å². The molecule has 9 nitrogen and oxygen atoms in total. The molecular weight excluding hydrogens is 316 g/mol. The second-order valence-electron chi connectivity index (χ2n) is 6.56. The number of carbonyl (C=O) groups is 4. The van der Waals surface area contributed by atoms with Crippen LogP contribution in [0.1, 0.15) is 27.7 Å². The summed E-state index contributed by atoms with van der Waals surface area (Å²) < 4.78 is 0. The average molecular weight is 342 g/mol. The van der Waals surface area contributed by atoms with Crippen LogP contribution in [0.5, 0.6) is 0 Å². The predicted octanol–water partition coefficient (Wildman–Crippen LogP) is -1.95. The summed E-state index contributed by atoms with van der Waals surface area (Å²) in [4.78, 5) is 50.6. The first-order chi connectivity index (χ1) is 10.9. The van der Waals surface area contributed by atoms with E-state index in [-0.39, 0.29) is 5.91 Å². The van der Waals surface area contributed by atoms with Crippen LogP contribution in [0.2, 0.25) is 0 Å². The molecule has 0 aliphatic carbocycles. The lowest BCUT2D eigenvalue weighted by atomic mass is 9.84. The van der Waals surface area contributed by atoms with Crippen LogP contribution < -0.4 is 11.1 Å². The van der Waals surface area contributed by atoms with Gasteiger partial charge >= 0.3 is 0 Å². The van der Waals surface area contributed by atoms with Crippen molar-refractivity contribution in [2.24, 2.45) is 11.7 Å². The van der Waals surface area contributed by atoms with Gasteiger partial charge in [-0.15, -0.1) is 0 Å². The van der Waals surface area contributed by atoms with Gasteiger partial charge in [0.15, 0.2) is 0 Å². The van der Waals surface area contributed by atoms with E-state index in [0.29, 0.717) is 0 Å². The monoisotopic (exact) mass is 342 g/mol. The molecule has 24 heavy (non-hydrogen) atoms. The molecule has 1 saturated heterocycles. The number of rotatable bonds is 5. The number of aliphatic hydroxyl groups excluding tert-OH is 1. The largest absolute Gasteiger partial charge is 0.391 e. The number of primary amides is 1. The highest BCUT2D eigenvalue weighted by molar-refractivity contribution is 6.00. The Hall–Kier alpha value is -2.16. The fourth-order valence-corrected chi connectivity index (χ4v) is 3.19. The molecule has 4 N–H and O–H groups in total. The number of hydrogen-bond donors (Lipinski definition) is 3. The van der Waals surface area contributed by atoms with Crippen LogP contribution in [0, 0.1) is 5.92 Å². The first kappa shape index (κ1) is 19.9. The van der Waals surface area contributed by atoms with E-state index in [2.05, 4.69) is 5.32 Å². The summed E-state index contributed by atoms with van der Waals surface area (Å²) in [5, 5.41) is 12.3. The van der Waals surface area contributed by atoms with E-state index in [1.165, 1.54) is 39.8 Å². The van der Waals surface area contributed by atoms with Gasteiger partial charge < -0.3 is 26.0 Å². The number of aliphatic hydroxyl groups is 1. The lowest BCUT2D eigenvalue weighted by molar-refractivity contribution is -0.147. The van der Waals surface area contributed by atoms with Crippen molar-refractivity contribution in [3.05, 3.63) is 0 Å². The second-order valence-corrected chi connectivity index (χ2v) is 6.56. The summed E-state index contributed by atoms with van der Waals surface area (Å²) in [6, 6.07) is -2.02. The summed E-state index contributed by atoms with van der Waals surface area (Å²) in [5.74, 6) is -2.70. The Balaban J connectivity index is 3.16. The van der Waals surface area contributed by atoms with Crippen LogP contribution in [0.4, 0.5) is 0 Å². The zero-order valence-electron chi connectivity index (χ0n) is 14.9. The van der Waals surface area contributed by atoms with Gasteiger partial charge in [-0.3, -0.25) is 19.2 Å². The number of amides is 4. The first-order valence-corrected chi connectivity index (χ1v) is 7.66. The topological polar surface area (TPSA) is 133 Å². The van der Waals surface area contributed by atoms with E-state index >= 15 is 0 Å². The summed E-state index contributed by atoms with van der Waals surface area (Å²) in [5.41, 5.74) is 3.93. The first-order valence-electron chi connectivity index (χ1n) is 7.66. The van der Waals surface area contributed by atoms with Gasteiger partial charge in [-0.05, 0) is 13.8 Å².